The van der Waals surface area contributed by atoms with Gasteiger partial charge in [0.25, 0.3) is 5.91 Å². The van der Waals surface area contributed by atoms with Crippen molar-refractivity contribution < 1.29 is 9.53 Å². The van der Waals surface area contributed by atoms with Gasteiger partial charge in [0, 0.05) is 49.4 Å². The zero-order valence-corrected chi connectivity index (χ0v) is 19.2. The van der Waals surface area contributed by atoms with E-state index in [9.17, 15) is 4.79 Å². The van der Waals surface area contributed by atoms with Gasteiger partial charge >= 0.3 is 0 Å². The van der Waals surface area contributed by atoms with Gasteiger partial charge in [-0.25, -0.2) is 0 Å². The molecule has 1 saturated heterocycles. The summed E-state index contributed by atoms with van der Waals surface area (Å²) in [6.45, 7) is 7.52. The number of ether oxygens (including phenoxy) is 1. The van der Waals surface area contributed by atoms with Crippen molar-refractivity contribution in [2.24, 2.45) is 5.73 Å². The number of methoxy groups -OCH3 is 1. The van der Waals surface area contributed by atoms with E-state index in [0.717, 1.165) is 22.3 Å². The fourth-order valence-electron chi connectivity index (χ4n) is 3.97. The van der Waals surface area contributed by atoms with Crippen molar-refractivity contribution >= 4 is 11.6 Å². The van der Waals surface area contributed by atoms with Gasteiger partial charge in [0.1, 0.15) is 0 Å². The van der Waals surface area contributed by atoms with E-state index in [1.165, 1.54) is 0 Å². The van der Waals surface area contributed by atoms with Crippen molar-refractivity contribution in [3.05, 3.63) is 81.0 Å². The molecule has 6 heteroatoms. The lowest BCUT2D eigenvalue weighted by Crippen LogP contribution is -2.48. The maximum Gasteiger partial charge on any atom is 0.254 e. The van der Waals surface area contributed by atoms with Crippen LogP contribution in [-0.2, 0) is 4.74 Å². The van der Waals surface area contributed by atoms with E-state index in [1.54, 1.807) is 7.11 Å². The van der Waals surface area contributed by atoms with E-state index in [-0.39, 0.29) is 11.8 Å². The molecule has 32 heavy (non-hydrogen) atoms. The summed E-state index contributed by atoms with van der Waals surface area (Å²) in [5, 5.41) is 17.6. The second-order valence-corrected chi connectivity index (χ2v) is 8.39. The SMILES string of the molecule is COCCC(N)=C(C)C(=N)c1cc(C(=O)N2CC(c3ccc(C#N)cc3)C2)c(C)cc1C. The number of nitrogens with zero attached hydrogens (tertiary/aromatic N) is 2. The first-order chi connectivity index (χ1) is 15.3. The summed E-state index contributed by atoms with van der Waals surface area (Å²) in [4.78, 5) is 15.1. The van der Waals surface area contributed by atoms with Crippen LogP contribution in [0.4, 0.5) is 0 Å². The molecule has 0 spiro atoms. The van der Waals surface area contributed by atoms with Crippen LogP contribution in [0.15, 0.2) is 47.7 Å². The first-order valence-corrected chi connectivity index (χ1v) is 10.7. The second-order valence-electron chi connectivity index (χ2n) is 8.39. The summed E-state index contributed by atoms with van der Waals surface area (Å²) in [6.07, 6.45) is 0.561. The molecule has 0 radical (unpaired) electrons. The zero-order chi connectivity index (χ0) is 23.4. The minimum Gasteiger partial charge on any atom is -0.402 e. The number of nitrogens with one attached hydrogen (secondary N) is 1. The number of amides is 1. The lowest BCUT2D eigenvalue weighted by atomic mass is 9.88. The van der Waals surface area contributed by atoms with Crippen LogP contribution in [0.3, 0.4) is 0 Å². The Labute approximate surface area is 189 Å². The highest BCUT2D eigenvalue weighted by atomic mass is 16.5. The Bertz CT molecular complexity index is 1100. The van der Waals surface area contributed by atoms with E-state index < -0.39 is 0 Å². The van der Waals surface area contributed by atoms with E-state index in [2.05, 4.69) is 6.07 Å². The van der Waals surface area contributed by atoms with Crippen LogP contribution >= 0.6 is 0 Å². The minimum atomic E-state index is -0.0181. The van der Waals surface area contributed by atoms with Gasteiger partial charge in [-0.05, 0) is 61.2 Å². The Morgan fingerprint density at radius 2 is 1.81 bits per heavy atom. The largest absolute Gasteiger partial charge is 0.402 e. The number of benzene rings is 2. The zero-order valence-electron chi connectivity index (χ0n) is 19.2. The van der Waals surface area contributed by atoms with Gasteiger partial charge in [0.05, 0.1) is 24.0 Å². The lowest BCUT2D eigenvalue weighted by Gasteiger charge is -2.40. The van der Waals surface area contributed by atoms with Gasteiger partial charge in [-0.2, -0.15) is 5.26 Å². The van der Waals surface area contributed by atoms with Crippen LogP contribution in [-0.4, -0.2) is 43.3 Å². The Morgan fingerprint density at radius 1 is 1.19 bits per heavy atom. The molecule has 2 aromatic rings. The quantitative estimate of drug-likeness (QED) is 0.647. The molecule has 3 rings (SSSR count). The molecule has 2 aromatic carbocycles. The van der Waals surface area contributed by atoms with E-state index in [1.807, 2.05) is 62.1 Å². The molecule has 3 N–H and O–H groups in total. The summed E-state index contributed by atoms with van der Waals surface area (Å²) in [5.41, 5.74) is 12.8. The standard InChI is InChI=1S/C26H30N4O2/c1-16-11-17(2)23(12-22(16)25(29)18(3)24(28)9-10-32-4)26(31)30-14-21(15-30)20-7-5-19(13-27)6-8-20/h5-8,11-12,21,29H,9-10,14-15,28H2,1-4H3. The highest BCUT2D eigenvalue weighted by Gasteiger charge is 2.33. The van der Waals surface area contributed by atoms with Gasteiger partial charge in [-0.1, -0.05) is 18.2 Å². The number of carbonyl (C=O) groups is 1. The number of rotatable bonds is 7. The van der Waals surface area contributed by atoms with Gasteiger partial charge in [0.15, 0.2) is 0 Å². The Kier molecular flexibility index (Phi) is 7.12. The van der Waals surface area contributed by atoms with Crippen LogP contribution in [0.1, 0.15) is 57.4 Å². The molecule has 0 bridgehead atoms. The van der Waals surface area contributed by atoms with Crippen LogP contribution in [0.2, 0.25) is 0 Å². The summed E-state index contributed by atoms with van der Waals surface area (Å²) in [7, 11) is 1.62. The van der Waals surface area contributed by atoms with Crippen LogP contribution in [0.25, 0.3) is 0 Å². The summed E-state index contributed by atoms with van der Waals surface area (Å²) in [6, 6.07) is 13.5. The number of aryl methyl sites for hydroxylation is 2. The minimum absolute atomic E-state index is 0.0181. The number of allylic oxidation sites excluding steroid dienone is 1. The smallest absolute Gasteiger partial charge is 0.254 e. The molecule has 1 fully saturated rings. The highest BCUT2D eigenvalue weighted by Crippen LogP contribution is 2.30. The van der Waals surface area contributed by atoms with E-state index >= 15 is 0 Å². The van der Waals surface area contributed by atoms with Crippen molar-refractivity contribution in [1.29, 1.82) is 10.7 Å². The predicted molar refractivity (Wildman–Crippen MR) is 126 cm³/mol. The number of nitriles is 1. The highest BCUT2D eigenvalue weighted by molar-refractivity contribution is 6.12. The molecular formula is C26H30N4O2. The third-order valence-corrected chi connectivity index (χ3v) is 6.18. The van der Waals surface area contributed by atoms with Crippen molar-refractivity contribution in [1.82, 2.24) is 4.90 Å². The van der Waals surface area contributed by atoms with Crippen LogP contribution in [0, 0.1) is 30.6 Å². The lowest BCUT2D eigenvalue weighted by molar-refractivity contribution is 0.0601. The first-order valence-electron chi connectivity index (χ1n) is 10.7. The monoisotopic (exact) mass is 430 g/mol. The molecule has 1 heterocycles. The number of likely N-dealkylation sites (tertiary alicyclic amines) is 1. The fraction of sp³-hybridized carbons (Fsp3) is 0.346. The number of nitrogens with two attached hydrogens (primary N) is 1. The van der Waals surface area contributed by atoms with Crippen molar-refractivity contribution in [3.8, 4) is 6.07 Å². The second kappa shape index (κ2) is 9.80. The molecule has 1 amide bonds. The number of hydrogen-bond acceptors (Lipinski definition) is 5. The van der Waals surface area contributed by atoms with Gasteiger partial charge in [-0.3, -0.25) is 10.2 Å². The first kappa shape index (κ1) is 23.2. The molecule has 0 atom stereocenters. The fourth-order valence-corrected chi connectivity index (χ4v) is 3.97. The molecule has 1 aliphatic heterocycles. The van der Waals surface area contributed by atoms with Gasteiger partial charge in [-0.15, -0.1) is 0 Å². The topological polar surface area (TPSA) is 103 Å². The molecule has 0 saturated carbocycles. The average molecular weight is 431 g/mol. The Morgan fingerprint density at radius 3 is 2.41 bits per heavy atom. The molecule has 166 valence electrons. The molecule has 0 unspecified atom stereocenters. The molecule has 0 aromatic heterocycles. The number of carbonyl (C=O) groups excluding carboxylic acids is 1. The van der Waals surface area contributed by atoms with Crippen LogP contribution in [0.5, 0.6) is 0 Å². The third kappa shape index (κ3) is 4.74. The maximum atomic E-state index is 13.2. The van der Waals surface area contributed by atoms with Crippen molar-refractivity contribution in [3.63, 3.8) is 0 Å². The van der Waals surface area contributed by atoms with Gasteiger partial charge in [0.2, 0.25) is 0 Å². The van der Waals surface area contributed by atoms with Gasteiger partial charge < -0.3 is 15.4 Å². The molecule has 6 nitrogen and oxygen atoms in total. The average Bonchev–Trinajstić information content (AvgIpc) is 2.75. The summed E-state index contributed by atoms with van der Waals surface area (Å²) >= 11 is 0. The number of hydrogen-bond donors (Lipinski definition) is 2. The Hall–Kier alpha value is -3.43. The molecule has 1 aliphatic rings. The molecule has 0 aliphatic carbocycles. The van der Waals surface area contributed by atoms with Crippen molar-refractivity contribution in [2.75, 3.05) is 26.8 Å². The Balaban J connectivity index is 1.78. The normalized spacial score (nSPS) is 14.4. The predicted octanol–water partition coefficient (Wildman–Crippen LogP) is 4.05. The summed E-state index contributed by atoms with van der Waals surface area (Å²) in [5.74, 6) is 0.261. The van der Waals surface area contributed by atoms with E-state index in [4.69, 9.17) is 21.1 Å². The van der Waals surface area contributed by atoms with Crippen LogP contribution < -0.4 is 5.73 Å². The third-order valence-electron chi connectivity index (χ3n) is 6.18. The summed E-state index contributed by atoms with van der Waals surface area (Å²) < 4.78 is 5.09. The molecular weight excluding hydrogens is 400 g/mol. The van der Waals surface area contributed by atoms with E-state index in [0.29, 0.717) is 54.2 Å². The maximum absolute atomic E-state index is 13.2. The van der Waals surface area contributed by atoms with Crippen molar-refractivity contribution in [2.45, 2.75) is 33.1 Å².